The van der Waals surface area contributed by atoms with Crippen molar-refractivity contribution in [1.82, 2.24) is 25.5 Å². The van der Waals surface area contributed by atoms with Crippen LogP contribution in [0.1, 0.15) is 92.8 Å². The van der Waals surface area contributed by atoms with Crippen LogP contribution in [-0.4, -0.2) is 57.2 Å². The first kappa shape index (κ1) is 34.0. The van der Waals surface area contributed by atoms with Gasteiger partial charge in [-0.05, 0) is 76.1 Å². The minimum atomic E-state index is -1.99. The van der Waals surface area contributed by atoms with Crippen molar-refractivity contribution in [3.8, 4) is 11.4 Å². The van der Waals surface area contributed by atoms with Gasteiger partial charge in [0.2, 0.25) is 11.8 Å². The van der Waals surface area contributed by atoms with Crippen molar-refractivity contribution < 1.29 is 38.1 Å². The van der Waals surface area contributed by atoms with Crippen LogP contribution < -0.4 is 21.5 Å². The number of carbonyl (C=O) groups excluding carboxylic acids is 4. The number of pyridine rings is 2. The topological polar surface area (TPSA) is 178 Å². The zero-order chi connectivity index (χ0) is 35.4. The van der Waals surface area contributed by atoms with Crippen molar-refractivity contribution in [3.63, 3.8) is 0 Å². The van der Waals surface area contributed by atoms with Crippen LogP contribution >= 0.6 is 0 Å². The van der Waals surface area contributed by atoms with Crippen LogP contribution in [0, 0.1) is 12.7 Å². The summed E-state index contributed by atoms with van der Waals surface area (Å²) in [5, 5.41) is 20.2. The van der Waals surface area contributed by atoms with E-state index < -0.39 is 46.6 Å². The van der Waals surface area contributed by atoms with E-state index in [9.17, 15) is 29.1 Å². The highest BCUT2D eigenvalue weighted by atomic mass is 19.1. The molecule has 0 saturated heterocycles. The molecule has 0 fully saturated rings. The lowest BCUT2D eigenvalue weighted by atomic mass is 9.81. The average molecular weight is 678 g/mol. The Bertz CT molecular complexity index is 1980. The summed E-state index contributed by atoms with van der Waals surface area (Å²) in [5.41, 5.74) is 1.27. The van der Waals surface area contributed by atoms with E-state index in [0.29, 0.717) is 47.3 Å². The van der Waals surface area contributed by atoms with Crippen molar-refractivity contribution in [2.45, 2.75) is 97.1 Å². The number of carbonyl (C=O) groups is 4. The number of fused-ring (bicyclic) bond motifs is 5. The summed E-state index contributed by atoms with van der Waals surface area (Å²) < 4.78 is 27.0. The van der Waals surface area contributed by atoms with Gasteiger partial charge in [-0.15, -0.1) is 0 Å². The highest BCUT2D eigenvalue weighted by Gasteiger charge is 2.46. The second-order valence-electron chi connectivity index (χ2n) is 13.8. The highest BCUT2D eigenvalue weighted by Crippen LogP contribution is 2.46. The van der Waals surface area contributed by atoms with Gasteiger partial charge in [-0.25, -0.2) is 19.0 Å². The van der Waals surface area contributed by atoms with E-state index in [-0.39, 0.29) is 56.1 Å². The van der Waals surface area contributed by atoms with Crippen molar-refractivity contribution in [2.24, 2.45) is 0 Å². The first-order valence-corrected chi connectivity index (χ1v) is 16.5. The molecule has 2 aromatic heterocycles. The Morgan fingerprint density at radius 1 is 1.14 bits per heavy atom. The standard InChI is InChI=1S/C35H40FN5O8/c1-6-35(47)21-12-25-30-19(15-41(25)31(44)20(21)16-48-32(35)45)29-23(10-9-18-17(2)22(36)13-24(40-30)28(18)29)39-26(42)8-7-11-37-27(43)14-38-33(46)49-34(3,4)5/h12-13,23,47H,6-11,14-16H2,1-5H3,(H,37,43)(H,38,46)(H,39,42)/t23-,35-/m0/s1. The van der Waals surface area contributed by atoms with Gasteiger partial charge in [0.1, 0.15) is 18.0 Å². The Morgan fingerprint density at radius 2 is 1.90 bits per heavy atom. The quantitative estimate of drug-likeness (QED) is 0.161. The first-order valence-electron chi connectivity index (χ1n) is 16.5. The fourth-order valence-electron chi connectivity index (χ4n) is 6.97. The van der Waals surface area contributed by atoms with Gasteiger partial charge >= 0.3 is 12.1 Å². The summed E-state index contributed by atoms with van der Waals surface area (Å²) >= 11 is 0. The fraction of sp³-hybridized carbons (Fsp3) is 0.486. The number of hydrogen-bond acceptors (Lipinski definition) is 9. The maximum Gasteiger partial charge on any atom is 0.408 e. The molecule has 0 spiro atoms. The Kier molecular flexibility index (Phi) is 8.72. The monoisotopic (exact) mass is 677 g/mol. The average Bonchev–Trinajstić information content (AvgIpc) is 3.41. The molecule has 14 heteroatoms. The lowest BCUT2D eigenvalue weighted by Crippen LogP contribution is -2.44. The van der Waals surface area contributed by atoms with Crippen molar-refractivity contribution in [1.29, 1.82) is 0 Å². The zero-order valence-corrected chi connectivity index (χ0v) is 28.2. The van der Waals surface area contributed by atoms with Crippen LogP contribution in [0.2, 0.25) is 0 Å². The molecule has 49 heavy (non-hydrogen) atoms. The van der Waals surface area contributed by atoms with E-state index in [2.05, 4.69) is 16.0 Å². The van der Waals surface area contributed by atoms with E-state index >= 15 is 4.39 Å². The number of esters is 1. The molecule has 1 aromatic carbocycles. The number of ether oxygens (including phenoxy) is 2. The molecule has 0 radical (unpaired) electrons. The largest absolute Gasteiger partial charge is 0.458 e. The number of amides is 3. The third-order valence-corrected chi connectivity index (χ3v) is 9.41. The van der Waals surface area contributed by atoms with Crippen LogP contribution in [0.15, 0.2) is 16.9 Å². The molecule has 4 N–H and O–H groups in total. The molecular formula is C35H40FN5O8. The predicted molar refractivity (Wildman–Crippen MR) is 175 cm³/mol. The van der Waals surface area contributed by atoms with E-state index in [1.165, 1.54) is 10.6 Å². The van der Waals surface area contributed by atoms with Crippen LogP contribution in [0.25, 0.3) is 22.3 Å². The van der Waals surface area contributed by atoms with Gasteiger partial charge in [-0.2, -0.15) is 0 Å². The molecule has 2 atom stereocenters. The smallest absolute Gasteiger partial charge is 0.408 e. The third-order valence-electron chi connectivity index (χ3n) is 9.41. The molecule has 6 rings (SSSR count). The van der Waals surface area contributed by atoms with Crippen LogP contribution in [0.3, 0.4) is 0 Å². The van der Waals surface area contributed by atoms with Gasteiger partial charge in [-0.3, -0.25) is 14.4 Å². The van der Waals surface area contributed by atoms with E-state index in [0.717, 1.165) is 16.5 Å². The Balaban J connectivity index is 1.24. The number of aliphatic hydroxyl groups is 1. The van der Waals surface area contributed by atoms with Crippen LogP contribution in [0.4, 0.5) is 9.18 Å². The lowest BCUT2D eigenvalue weighted by molar-refractivity contribution is -0.172. The Morgan fingerprint density at radius 3 is 2.61 bits per heavy atom. The summed E-state index contributed by atoms with van der Waals surface area (Å²) in [5.74, 6) is -1.90. The van der Waals surface area contributed by atoms with Gasteiger partial charge in [0.15, 0.2) is 5.60 Å². The number of halogens is 1. The van der Waals surface area contributed by atoms with Gasteiger partial charge in [0.25, 0.3) is 5.56 Å². The number of cyclic esters (lactones) is 1. The second-order valence-corrected chi connectivity index (χ2v) is 13.8. The normalized spacial score (nSPS) is 19.0. The Labute approximate surface area is 281 Å². The molecule has 2 aliphatic heterocycles. The second kappa shape index (κ2) is 12.6. The maximum atomic E-state index is 15.2. The maximum absolute atomic E-state index is 15.2. The van der Waals surface area contributed by atoms with Crippen molar-refractivity contribution >= 4 is 34.8 Å². The molecular weight excluding hydrogens is 637 g/mol. The summed E-state index contributed by atoms with van der Waals surface area (Å²) in [6, 6.07) is 2.51. The number of alkyl carbamates (subject to hydrolysis) is 1. The molecule has 0 saturated carbocycles. The van der Waals surface area contributed by atoms with E-state index in [4.69, 9.17) is 14.5 Å². The fourth-order valence-corrected chi connectivity index (χ4v) is 6.97. The van der Waals surface area contributed by atoms with Crippen molar-refractivity contribution in [3.05, 3.63) is 61.7 Å². The molecule has 0 unspecified atom stereocenters. The third kappa shape index (κ3) is 6.13. The number of hydrogen-bond donors (Lipinski definition) is 4. The van der Waals surface area contributed by atoms with E-state index in [1.54, 1.807) is 40.7 Å². The lowest BCUT2D eigenvalue weighted by Gasteiger charge is -2.31. The number of aromatic nitrogens is 2. The van der Waals surface area contributed by atoms with Crippen LogP contribution in [0.5, 0.6) is 0 Å². The predicted octanol–water partition coefficient (Wildman–Crippen LogP) is 3.05. The SMILES string of the molecule is CC[C@@]1(O)C(=O)OCc2c1cc1n(c2=O)Cc2c-1nc1cc(F)c(C)c3c1c2[C@@H](NC(=O)CCCNC(=O)CNC(=O)OC(C)(C)C)CC3. The van der Waals surface area contributed by atoms with Gasteiger partial charge in [0, 0.05) is 35.5 Å². The minimum absolute atomic E-state index is 0.000409. The number of aryl methyl sites for hydroxylation is 1. The summed E-state index contributed by atoms with van der Waals surface area (Å²) in [6.45, 7) is 8.32. The number of rotatable bonds is 8. The van der Waals surface area contributed by atoms with Crippen molar-refractivity contribution in [2.75, 3.05) is 13.1 Å². The first-order chi connectivity index (χ1) is 23.1. The minimum Gasteiger partial charge on any atom is -0.458 e. The molecule has 0 bridgehead atoms. The number of nitrogens with one attached hydrogen (secondary N) is 3. The van der Waals surface area contributed by atoms with Crippen LogP contribution in [-0.2, 0) is 49.0 Å². The number of nitrogens with zero attached hydrogens (tertiary/aromatic N) is 2. The molecule has 3 aromatic rings. The molecule has 260 valence electrons. The Hall–Kier alpha value is -4.85. The zero-order valence-electron chi connectivity index (χ0n) is 28.2. The van der Waals surface area contributed by atoms with E-state index in [1.807, 2.05) is 0 Å². The van der Waals surface area contributed by atoms with Gasteiger partial charge in [0.05, 0.1) is 41.6 Å². The van der Waals surface area contributed by atoms with Gasteiger partial charge in [-0.1, -0.05) is 6.92 Å². The number of benzene rings is 1. The van der Waals surface area contributed by atoms with Gasteiger partial charge < -0.3 is 35.1 Å². The molecule has 13 nitrogen and oxygen atoms in total. The summed E-state index contributed by atoms with van der Waals surface area (Å²) in [4.78, 5) is 68.4. The molecule has 3 amide bonds. The molecule has 3 aliphatic rings. The molecule has 4 heterocycles. The summed E-state index contributed by atoms with van der Waals surface area (Å²) in [6.07, 6.45) is 0.738. The highest BCUT2D eigenvalue weighted by molar-refractivity contribution is 5.94. The molecule has 1 aliphatic carbocycles. The summed E-state index contributed by atoms with van der Waals surface area (Å²) in [7, 11) is 0.